The number of hydrogen-bond acceptors (Lipinski definition) is 4. The molecule has 0 spiro atoms. The Bertz CT molecular complexity index is 351. The quantitative estimate of drug-likeness (QED) is 0.686. The normalized spacial score (nSPS) is 21.3. The average molecular weight is 227 g/mol. The fraction of sp³-hybridized carbons (Fsp3) is 0.636. The van der Waals surface area contributed by atoms with Gasteiger partial charge in [0.25, 0.3) is 0 Å². The van der Waals surface area contributed by atoms with Crippen molar-refractivity contribution in [2.24, 2.45) is 5.41 Å². The number of carbonyl (C=O) groups is 2. The van der Waals surface area contributed by atoms with Gasteiger partial charge >= 0.3 is 5.97 Å². The molecule has 0 fully saturated rings. The molecule has 0 bridgehead atoms. The molecule has 0 saturated carbocycles. The topological polar surface area (TPSA) is 64.6 Å². The zero-order valence-corrected chi connectivity index (χ0v) is 10.2. The van der Waals surface area contributed by atoms with Crippen LogP contribution in [0.5, 0.6) is 0 Å². The highest BCUT2D eigenvalue weighted by Crippen LogP contribution is 2.29. The summed E-state index contributed by atoms with van der Waals surface area (Å²) in [6.07, 6.45) is -0.627. The van der Waals surface area contributed by atoms with E-state index in [0.717, 1.165) is 0 Å². The van der Waals surface area contributed by atoms with Crippen molar-refractivity contribution in [1.82, 2.24) is 5.32 Å². The summed E-state index contributed by atoms with van der Waals surface area (Å²) in [6.45, 7) is 8.67. The number of hydrogen-bond donors (Lipinski definition) is 1. The maximum Gasteiger partial charge on any atom is 0.361 e. The number of ether oxygens (including phenoxy) is 2. The molecule has 5 heteroatoms. The van der Waals surface area contributed by atoms with Gasteiger partial charge in [0, 0.05) is 12.3 Å². The van der Waals surface area contributed by atoms with Gasteiger partial charge in [-0.05, 0) is 6.92 Å². The third kappa shape index (κ3) is 2.74. The number of rotatable bonds is 1. The number of cyclic esters (lactones) is 1. The maximum absolute atomic E-state index is 11.6. The molecule has 0 aromatic carbocycles. The van der Waals surface area contributed by atoms with Crippen molar-refractivity contribution in [3.8, 4) is 0 Å². The van der Waals surface area contributed by atoms with Crippen LogP contribution >= 0.6 is 0 Å². The van der Waals surface area contributed by atoms with Crippen LogP contribution in [-0.4, -0.2) is 18.2 Å². The summed E-state index contributed by atoms with van der Waals surface area (Å²) in [7, 11) is 0. The molecule has 16 heavy (non-hydrogen) atoms. The minimum Gasteiger partial charge on any atom is -0.456 e. The van der Waals surface area contributed by atoms with Gasteiger partial charge in [-0.15, -0.1) is 0 Å². The van der Waals surface area contributed by atoms with Crippen LogP contribution in [0.2, 0.25) is 0 Å². The van der Waals surface area contributed by atoms with Gasteiger partial charge in [0.2, 0.25) is 12.2 Å². The Labute approximate surface area is 94.8 Å². The van der Waals surface area contributed by atoms with E-state index in [1.807, 2.05) is 20.8 Å². The summed E-state index contributed by atoms with van der Waals surface area (Å²) >= 11 is 0. The predicted octanol–water partition coefficient (Wildman–Crippen LogP) is 1.30. The molecule has 0 saturated heterocycles. The average Bonchev–Trinajstić information content (AvgIpc) is 2.09. The molecule has 1 aliphatic heterocycles. The molecule has 1 amide bonds. The molecule has 5 nitrogen and oxygen atoms in total. The Morgan fingerprint density at radius 1 is 1.31 bits per heavy atom. The van der Waals surface area contributed by atoms with E-state index in [9.17, 15) is 9.59 Å². The van der Waals surface area contributed by atoms with E-state index in [1.165, 1.54) is 6.92 Å². The molecule has 1 atom stereocenters. The van der Waals surface area contributed by atoms with Crippen LogP contribution in [0.3, 0.4) is 0 Å². The van der Waals surface area contributed by atoms with E-state index < -0.39 is 12.3 Å². The van der Waals surface area contributed by atoms with E-state index in [4.69, 9.17) is 9.47 Å². The lowest BCUT2D eigenvalue weighted by molar-refractivity contribution is -0.197. The van der Waals surface area contributed by atoms with Gasteiger partial charge in [0.1, 0.15) is 5.76 Å². The SMILES string of the molecule is CC(=O)NC1=C(C)O[C@@H](C(C)(C)C)OC1=O. The van der Waals surface area contributed by atoms with Crippen molar-refractivity contribution in [1.29, 1.82) is 0 Å². The first kappa shape index (κ1) is 12.5. The maximum atomic E-state index is 11.6. The molecule has 0 aromatic heterocycles. The van der Waals surface area contributed by atoms with Gasteiger partial charge in [-0.3, -0.25) is 4.79 Å². The van der Waals surface area contributed by atoms with Crippen LogP contribution in [0.1, 0.15) is 34.6 Å². The van der Waals surface area contributed by atoms with Gasteiger partial charge in [-0.2, -0.15) is 0 Å². The molecule has 0 radical (unpaired) electrons. The zero-order valence-electron chi connectivity index (χ0n) is 10.2. The Hall–Kier alpha value is -1.52. The second-order valence-corrected chi connectivity index (χ2v) is 4.83. The zero-order chi connectivity index (χ0) is 12.5. The van der Waals surface area contributed by atoms with E-state index in [-0.39, 0.29) is 17.0 Å². The van der Waals surface area contributed by atoms with Gasteiger partial charge in [0.15, 0.2) is 5.70 Å². The Morgan fingerprint density at radius 3 is 2.25 bits per heavy atom. The molecule has 1 heterocycles. The van der Waals surface area contributed by atoms with E-state index in [0.29, 0.717) is 5.76 Å². The number of carbonyl (C=O) groups excluding carboxylic acids is 2. The first-order valence-electron chi connectivity index (χ1n) is 5.08. The van der Waals surface area contributed by atoms with Crippen molar-refractivity contribution in [2.75, 3.05) is 0 Å². The molecule has 1 rings (SSSR count). The van der Waals surface area contributed by atoms with Crippen LogP contribution in [0.15, 0.2) is 11.5 Å². The molecule has 0 unspecified atom stereocenters. The third-order valence-electron chi connectivity index (χ3n) is 2.06. The molecular formula is C11H17NO4. The van der Waals surface area contributed by atoms with Crippen LogP contribution in [-0.2, 0) is 19.1 Å². The Morgan fingerprint density at radius 2 is 1.88 bits per heavy atom. The molecule has 0 aromatic rings. The minimum absolute atomic E-state index is 0.0769. The summed E-state index contributed by atoms with van der Waals surface area (Å²) in [5.74, 6) is -0.505. The first-order chi connectivity index (χ1) is 7.21. The van der Waals surface area contributed by atoms with Crippen molar-refractivity contribution in [3.63, 3.8) is 0 Å². The fourth-order valence-electron chi connectivity index (χ4n) is 1.21. The summed E-state index contributed by atoms with van der Waals surface area (Å²) in [5, 5.41) is 2.39. The van der Waals surface area contributed by atoms with E-state index in [1.54, 1.807) is 6.92 Å². The second kappa shape index (κ2) is 4.15. The molecule has 1 N–H and O–H groups in total. The monoisotopic (exact) mass is 227 g/mol. The van der Waals surface area contributed by atoms with Crippen LogP contribution in [0.4, 0.5) is 0 Å². The van der Waals surface area contributed by atoms with Crippen LogP contribution < -0.4 is 5.32 Å². The van der Waals surface area contributed by atoms with Crippen molar-refractivity contribution in [2.45, 2.75) is 40.9 Å². The summed E-state index contributed by atoms with van der Waals surface area (Å²) in [4.78, 5) is 22.5. The third-order valence-corrected chi connectivity index (χ3v) is 2.06. The Kier molecular flexibility index (Phi) is 3.26. The summed E-state index contributed by atoms with van der Waals surface area (Å²) in [5.41, 5.74) is -0.230. The minimum atomic E-state index is -0.627. The lowest BCUT2D eigenvalue weighted by Gasteiger charge is -2.34. The molecule has 0 aliphatic carbocycles. The second-order valence-electron chi connectivity index (χ2n) is 4.83. The van der Waals surface area contributed by atoms with Crippen LogP contribution in [0, 0.1) is 5.41 Å². The number of allylic oxidation sites excluding steroid dienone is 1. The Balaban J connectivity index is 2.90. The fourth-order valence-corrected chi connectivity index (χ4v) is 1.21. The smallest absolute Gasteiger partial charge is 0.361 e. The van der Waals surface area contributed by atoms with Crippen molar-refractivity contribution >= 4 is 11.9 Å². The highest BCUT2D eigenvalue weighted by atomic mass is 16.7. The summed E-state index contributed by atoms with van der Waals surface area (Å²) in [6, 6.07) is 0. The summed E-state index contributed by atoms with van der Waals surface area (Å²) < 4.78 is 10.6. The first-order valence-corrected chi connectivity index (χ1v) is 5.08. The number of amides is 1. The largest absolute Gasteiger partial charge is 0.456 e. The lowest BCUT2D eigenvalue weighted by atomic mass is 9.95. The van der Waals surface area contributed by atoms with Crippen molar-refractivity contribution in [3.05, 3.63) is 11.5 Å². The standard InChI is InChI=1S/C11H17NO4/c1-6-8(12-7(2)13)9(14)16-10(15-6)11(3,4)5/h10H,1-5H3,(H,12,13)/t10-/m1/s1. The van der Waals surface area contributed by atoms with Gasteiger partial charge < -0.3 is 14.8 Å². The highest BCUT2D eigenvalue weighted by Gasteiger charge is 2.36. The predicted molar refractivity (Wildman–Crippen MR) is 56.9 cm³/mol. The van der Waals surface area contributed by atoms with Gasteiger partial charge in [-0.25, -0.2) is 4.79 Å². The lowest BCUT2D eigenvalue weighted by Crippen LogP contribution is -2.41. The van der Waals surface area contributed by atoms with E-state index in [2.05, 4.69) is 5.32 Å². The van der Waals surface area contributed by atoms with E-state index >= 15 is 0 Å². The van der Waals surface area contributed by atoms with Gasteiger partial charge in [-0.1, -0.05) is 20.8 Å². The highest BCUT2D eigenvalue weighted by molar-refractivity contribution is 5.94. The number of esters is 1. The number of nitrogens with one attached hydrogen (secondary N) is 1. The molecular weight excluding hydrogens is 210 g/mol. The van der Waals surface area contributed by atoms with Crippen molar-refractivity contribution < 1.29 is 19.1 Å². The molecule has 90 valence electrons. The van der Waals surface area contributed by atoms with Gasteiger partial charge in [0.05, 0.1) is 0 Å². The molecule has 1 aliphatic rings. The van der Waals surface area contributed by atoms with Crippen LogP contribution in [0.25, 0.3) is 0 Å².